The van der Waals surface area contributed by atoms with Gasteiger partial charge in [-0.2, -0.15) is 0 Å². The van der Waals surface area contributed by atoms with Gasteiger partial charge >= 0.3 is 0 Å². The van der Waals surface area contributed by atoms with Crippen LogP contribution in [-0.2, 0) is 0 Å². The highest BCUT2D eigenvalue weighted by molar-refractivity contribution is 6.32. The fourth-order valence-electron chi connectivity index (χ4n) is 0.480. The number of primary amides is 1. The van der Waals surface area contributed by atoms with Crippen molar-refractivity contribution in [2.24, 2.45) is 5.73 Å². The molecule has 0 spiro atoms. The van der Waals surface area contributed by atoms with Crippen LogP contribution in [-0.4, -0.2) is 15.9 Å². The molecule has 0 aliphatic carbocycles. The maximum absolute atomic E-state index is 10.5. The van der Waals surface area contributed by atoms with Crippen LogP contribution in [0.2, 0.25) is 5.15 Å². The SMILES string of the molecule is NC(=O)c1cncnc1Cl. The van der Waals surface area contributed by atoms with Gasteiger partial charge < -0.3 is 5.73 Å². The summed E-state index contributed by atoms with van der Waals surface area (Å²) < 4.78 is 0. The number of amides is 1. The molecule has 0 saturated heterocycles. The Morgan fingerprint density at radius 2 is 2.40 bits per heavy atom. The van der Waals surface area contributed by atoms with E-state index in [0.29, 0.717) is 0 Å². The highest BCUT2D eigenvalue weighted by Crippen LogP contribution is 2.07. The lowest BCUT2D eigenvalue weighted by molar-refractivity contribution is 0.1000. The highest BCUT2D eigenvalue weighted by Gasteiger charge is 2.05. The number of halogens is 1. The van der Waals surface area contributed by atoms with Gasteiger partial charge in [0.2, 0.25) is 0 Å². The van der Waals surface area contributed by atoms with Crippen LogP contribution in [0.5, 0.6) is 0 Å². The number of nitrogens with two attached hydrogens (primary N) is 1. The Balaban J connectivity index is 3.15. The summed E-state index contributed by atoms with van der Waals surface area (Å²) in [7, 11) is 0. The van der Waals surface area contributed by atoms with Crippen molar-refractivity contribution < 1.29 is 4.79 Å². The summed E-state index contributed by atoms with van der Waals surface area (Å²) in [5.74, 6) is -0.620. The van der Waals surface area contributed by atoms with Gasteiger partial charge in [-0.25, -0.2) is 9.97 Å². The second-order valence-corrected chi connectivity index (χ2v) is 1.95. The van der Waals surface area contributed by atoms with Gasteiger partial charge in [0, 0.05) is 6.20 Å². The minimum atomic E-state index is -0.620. The molecule has 0 fully saturated rings. The van der Waals surface area contributed by atoms with E-state index in [1.807, 2.05) is 0 Å². The van der Waals surface area contributed by atoms with Crippen LogP contribution in [0.25, 0.3) is 0 Å². The molecule has 0 saturated carbocycles. The minimum Gasteiger partial charge on any atom is -0.365 e. The van der Waals surface area contributed by atoms with Crippen LogP contribution in [0.4, 0.5) is 0 Å². The maximum Gasteiger partial charge on any atom is 0.253 e. The average Bonchev–Trinajstić information content (AvgIpc) is 1.88. The van der Waals surface area contributed by atoms with Crippen LogP contribution < -0.4 is 5.73 Å². The zero-order chi connectivity index (χ0) is 7.56. The Bertz CT molecular complexity index is 263. The van der Waals surface area contributed by atoms with Gasteiger partial charge in [-0.3, -0.25) is 4.79 Å². The second kappa shape index (κ2) is 2.62. The molecule has 1 amide bonds. The van der Waals surface area contributed by atoms with E-state index in [9.17, 15) is 4.79 Å². The predicted molar refractivity (Wildman–Crippen MR) is 35.6 cm³/mol. The molecule has 1 rings (SSSR count). The molecule has 10 heavy (non-hydrogen) atoms. The van der Waals surface area contributed by atoms with Crippen molar-refractivity contribution >= 4 is 17.5 Å². The topological polar surface area (TPSA) is 68.9 Å². The molecule has 0 aromatic carbocycles. The molecular weight excluding hydrogens is 154 g/mol. The molecule has 0 unspecified atom stereocenters. The van der Waals surface area contributed by atoms with Gasteiger partial charge in [-0.05, 0) is 0 Å². The summed E-state index contributed by atoms with van der Waals surface area (Å²) >= 11 is 5.47. The first-order chi connectivity index (χ1) is 4.72. The van der Waals surface area contributed by atoms with E-state index in [1.165, 1.54) is 12.5 Å². The molecule has 4 nitrogen and oxygen atoms in total. The van der Waals surface area contributed by atoms with Gasteiger partial charge in [-0.1, -0.05) is 11.6 Å². The lowest BCUT2D eigenvalue weighted by atomic mass is 10.3. The quantitative estimate of drug-likeness (QED) is 0.594. The summed E-state index contributed by atoms with van der Waals surface area (Å²) in [6.07, 6.45) is 2.52. The number of hydrogen-bond acceptors (Lipinski definition) is 3. The van der Waals surface area contributed by atoms with E-state index in [4.69, 9.17) is 17.3 Å². The fourth-order valence-corrected chi connectivity index (χ4v) is 0.666. The summed E-state index contributed by atoms with van der Waals surface area (Å²) in [5.41, 5.74) is 5.05. The van der Waals surface area contributed by atoms with Gasteiger partial charge in [0.15, 0.2) is 0 Å². The Hall–Kier alpha value is -1.16. The van der Waals surface area contributed by atoms with Gasteiger partial charge in [0.1, 0.15) is 11.5 Å². The molecule has 52 valence electrons. The Morgan fingerprint density at radius 1 is 1.70 bits per heavy atom. The lowest BCUT2D eigenvalue weighted by Gasteiger charge is -1.93. The van der Waals surface area contributed by atoms with Crippen LogP contribution in [0.3, 0.4) is 0 Å². The average molecular weight is 158 g/mol. The summed E-state index contributed by atoms with van der Waals surface area (Å²) in [4.78, 5) is 17.6. The molecule has 0 radical (unpaired) electrons. The third-order valence-corrected chi connectivity index (χ3v) is 1.23. The molecule has 5 heteroatoms. The van der Waals surface area contributed by atoms with Crippen molar-refractivity contribution in [1.82, 2.24) is 9.97 Å². The van der Waals surface area contributed by atoms with Crippen LogP contribution in [0.15, 0.2) is 12.5 Å². The first-order valence-corrected chi connectivity index (χ1v) is 2.85. The maximum atomic E-state index is 10.5. The Morgan fingerprint density at radius 3 is 2.80 bits per heavy atom. The minimum absolute atomic E-state index is 0.0856. The van der Waals surface area contributed by atoms with Crippen LogP contribution in [0, 0.1) is 0 Å². The molecule has 2 N–H and O–H groups in total. The zero-order valence-electron chi connectivity index (χ0n) is 4.91. The van der Waals surface area contributed by atoms with Gasteiger partial charge in [0.05, 0.1) is 5.56 Å². The second-order valence-electron chi connectivity index (χ2n) is 1.59. The van der Waals surface area contributed by atoms with Crippen molar-refractivity contribution in [3.8, 4) is 0 Å². The van der Waals surface area contributed by atoms with Crippen molar-refractivity contribution in [2.45, 2.75) is 0 Å². The van der Waals surface area contributed by atoms with E-state index in [1.54, 1.807) is 0 Å². The summed E-state index contributed by atoms with van der Waals surface area (Å²) in [6.45, 7) is 0. The molecule has 0 bridgehead atoms. The summed E-state index contributed by atoms with van der Waals surface area (Å²) in [5, 5.41) is 0.0856. The normalized spacial score (nSPS) is 9.30. The zero-order valence-corrected chi connectivity index (χ0v) is 5.67. The van der Waals surface area contributed by atoms with E-state index in [0.717, 1.165) is 0 Å². The van der Waals surface area contributed by atoms with E-state index < -0.39 is 5.91 Å². The first-order valence-electron chi connectivity index (χ1n) is 2.47. The van der Waals surface area contributed by atoms with Crippen molar-refractivity contribution in [3.63, 3.8) is 0 Å². The number of nitrogens with zero attached hydrogens (tertiary/aromatic N) is 2. The number of carbonyl (C=O) groups is 1. The first kappa shape index (κ1) is 6.95. The monoisotopic (exact) mass is 157 g/mol. The largest absolute Gasteiger partial charge is 0.365 e. The van der Waals surface area contributed by atoms with Crippen LogP contribution in [0.1, 0.15) is 10.4 Å². The van der Waals surface area contributed by atoms with Crippen molar-refractivity contribution in [1.29, 1.82) is 0 Å². The summed E-state index contributed by atoms with van der Waals surface area (Å²) in [6, 6.07) is 0. The third kappa shape index (κ3) is 1.22. The van der Waals surface area contributed by atoms with Crippen molar-refractivity contribution in [2.75, 3.05) is 0 Å². The van der Waals surface area contributed by atoms with Crippen molar-refractivity contribution in [3.05, 3.63) is 23.2 Å². The van der Waals surface area contributed by atoms with E-state index >= 15 is 0 Å². The van der Waals surface area contributed by atoms with Gasteiger partial charge in [0.25, 0.3) is 5.91 Å². The van der Waals surface area contributed by atoms with Crippen LogP contribution >= 0.6 is 11.6 Å². The number of aromatic nitrogens is 2. The third-order valence-electron chi connectivity index (χ3n) is 0.929. The lowest BCUT2D eigenvalue weighted by Crippen LogP contribution is -2.12. The predicted octanol–water partition coefficient (Wildman–Crippen LogP) is 0.229. The smallest absolute Gasteiger partial charge is 0.253 e. The molecular formula is C5H4ClN3O. The molecule has 1 aromatic heterocycles. The van der Waals surface area contributed by atoms with E-state index in [-0.39, 0.29) is 10.7 Å². The standard InChI is InChI=1S/C5H4ClN3O/c6-4-3(5(7)10)1-8-2-9-4/h1-2H,(H2,7,10). The molecule has 0 aliphatic rings. The number of hydrogen-bond donors (Lipinski definition) is 1. The Kier molecular flexibility index (Phi) is 1.82. The molecule has 0 aliphatic heterocycles. The highest BCUT2D eigenvalue weighted by atomic mass is 35.5. The van der Waals surface area contributed by atoms with Gasteiger partial charge in [-0.15, -0.1) is 0 Å². The number of rotatable bonds is 1. The molecule has 0 atom stereocenters. The van der Waals surface area contributed by atoms with E-state index in [2.05, 4.69) is 9.97 Å². The molecule has 1 aromatic rings. The fraction of sp³-hybridized carbons (Fsp3) is 0. The molecule has 1 heterocycles. The Labute approximate surface area is 62.0 Å². The number of carbonyl (C=O) groups excluding carboxylic acids is 1.